The third-order valence-electron chi connectivity index (χ3n) is 8.82. The lowest BCUT2D eigenvalue weighted by Crippen LogP contribution is -2.82. The van der Waals surface area contributed by atoms with Crippen molar-refractivity contribution in [3.8, 4) is 0 Å². The quantitative estimate of drug-likeness (QED) is 0.309. The minimum atomic E-state index is -1.67. The van der Waals surface area contributed by atoms with E-state index in [-0.39, 0.29) is 28.8 Å². The van der Waals surface area contributed by atoms with Crippen molar-refractivity contribution in [3.05, 3.63) is 0 Å². The molecule has 0 bridgehead atoms. The first-order valence-corrected chi connectivity index (χ1v) is 34.2. The molecule has 0 amide bonds. The van der Waals surface area contributed by atoms with Gasteiger partial charge in [-0.05, 0) is 15.3 Å². The molecule has 0 spiro atoms. The molecule has 1 rings (SSSR count). The van der Waals surface area contributed by atoms with Gasteiger partial charge in [-0.3, -0.25) is 0 Å². The van der Waals surface area contributed by atoms with Crippen molar-refractivity contribution < 1.29 is 9.23 Å². The van der Waals surface area contributed by atoms with Crippen molar-refractivity contribution in [1.82, 2.24) is 5.23 Å². The van der Waals surface area contributed by atoms with Crippen molar-refractivity contribution in [2.75, 3.05) is 0 Å². The molecule has 0 radical (unpaired) electrons. The first-order valence-electron chi connectivity index (χ1n) is 13.2. The molecule has 1 aliphatic heterocycles. The van der Waals surface area contributed by atoms with Gasteiger partial charge in [-0.25, -0.2) is 0 Å². The molecule has 1 saturated heterocycles. The maximum Gasteiger partial charge on any atom is 0.441 e. The van der Waals surface area contributed by atoms with Crippen molar-refractivity contribution in [2.45, 2.75) is 139 Å². The van der Waals surface area contributed by atoms with E-state index in [1.165, 1.54) is 0 Å². The van der Waals surface area contributed by atoms with E-state index >= 15 is 0 Å². The molecule has 1 N–H and O–H groups in total. The molecule has 0 aliphatic carbocycles. The van der Waals surface area contributed by atoms with E-state index in [2.05, 4.69) is 130 Å². The van der Waals surface area contributed by atoms with Gasteiger partial charge in [0.1, 0.15) is 0 Å². The predicted octanol–water partition coefficient (Wildman–Crippen LogP) is 7.69. The van der Waals surface area contributed by atoms with Gasteiger partial charge in [-0.1, -0.05) is 118 Å². The van der Waals surface area contributed by atoms with Crippen LogP contribution >= 0.6 is 0 Å². The van der Waals surface area contributed by atoms with E-state index in [4.69, 9.17) is 9.23 Å². The Balaban J connectivity index is 4.00. The summed E-state index contributed by atoms with van der Waals surface area (Å²) in [6.45, 7) is 49.2. The second-order valence-electron chi connectivity index (χ2n) is 16.9. The highest BCUT2D eigenvalue weighted by Gasteiger charge is 2.73. The number of hydrogen-bond donors (Lipinski definition) is 1. The summed E-state index contributed by atoms with van der Waals surface area (Å²) in [5.41, 5.74) is 0. The fourth-order valence-corrected chi connectivity index (χ4v) is 69.4. The zero-order chi connectivity index (χ0) is 26.9. The van der Waals surface area contributed by atoms with Crippen molar-refractivity contribution >= 4 is 62.6 Å². The molecule has 33 heavy (non-hydrogen) atoms. The van der Waals surface area contributed by atoms with Gasteiger partial charge in [0.15, 0.2) is 0 Å². The first kappa shape index (κ1) is 32.3. The molecule has 1 atom stereocenters. The summed E-state index contributed by atoms with van der Waals surface area (Å²) in [5.74, 6) is 0. The summed E-state index contributed by atoms with van der Waals surface area (Å²) in [7, 11) is -9.92. The van der Waals surface area contributed by atoms with Crippen LogP contribution in [0.2, 0.25) is 126 Å². The lowest BCUT2D eigenvalue weighted by Gasteiger charge is -2.65. The standard InChI is InChI=1S/C22H59B2NO2Si6/c1-20-25-23(21(28(2,3)4,29(5,6)7)30(8,9)10)27-24(26-20)22(31(11,12)13,32(14,15)16)33(17,18)19/h20,25H,1-19H3. The molecule has 0 saturated carbocycles. The van der Waals surface area contributed by atoms with Crippen LogP contribution in [0.4, 0.5) is 0 Å². The summed E-state index contributed by atoms with van der Waals surface area (Å²) in [6, 6.07) is 0. The van der Waals surface area contributed by atoms with Crippen LogP contribution in [-0.4, -0.2) is 68.8 Å². The number of nitrogens with one attached hydrogen (secondary N) is 1. The van der Waals surface area contributed by atoms with Gasteiger partial charge in [0, 0.05) is 48.4 Å². The van der Waals surface area contributed by atoms with Crippen LogP contribution in [0.15, 0.2) is 0 Å². The van der Waals surface area contributed by atoms with E-state index in [1.54, 1.807) is 0 Å². The minimum absolute atomic E-state index is 0.0283. The van der Waals surface area contributed by atoms with Crippen LogP contribution in [-0.2, 0) is 9.23 Å². The van der Waals surface area contributed by atoms with E-state index in [9.17, 15) is 0 Å². The summed E-state index contributed by atoms with van der Waals surface area (Å²) >= 11 is 0. The maximum atomic E-state index is 7.52. The zero-order valence-electron chi connectivity index (χ0n) is 26.0. The van der Waals surface area contributed by atoms with Crippen LogP contribution in [0.1, 0.15) is 6.92 Å². The van der Waals surface area contributed by atoms with Gasteiger partial charge in [0.25, 0.3) is 0 Å². The Morgan fingerprint density at radius 2 is 0.788 bits per heavy atom. The summed E-state index contributed by atoms with van der Waals surface area (Å²) in [4.78, 5) is 0. The fraction of sp³-hybridized carbons (Fsp3) is 1.00. The van der Waals surface area contributed by atoms with Crippen molar-refractivity contribution in [3.63, 3.8) is 0 Å². The summed E-state index contributed by atoms with van der Waals surface area (Å²) < 4.78 is 14.9. The Bertz CT molecular complexity index is 567. The number of rotatable bonds is 8. The average molecular weight is 560 g/mol. The molecular weight excluding hydrogens is 500 g/mol. The largest absolute Gasteiger partial charge is 0.462 e. The Labute approximate surface area is 215 Å². The SMILES string of the molecule is CC1NB(C([Si](C)(C)C)([Si](C)(C)C)[Si](C)(C)C)OB(C([Si](C)(C)C)([Si](C)(C)C)[Si](C)(C)C)O1. The molecular formula is C22H59B2NO2Si6. The van der Waals surface area contributed by atoms with E-state index in [0.717, 1.165) is 0 Å². The summed E-state index contributed by atoms with van der Waals surface area (Å²) in [6.07, 6.45) is 0.0283. The third kappa shape index (κ3) is 5.19. The molecule has 1 heterocycles. The molecule has 0 aromatic heterocycles. The highest BCUT2D eigenvalue weighted by atomic mass is 28.5. The van der Waals surface area contributed by atoms with Gasteiger partial charge >= 0.3 is 14.2 Å². The van der Waals surface area contributed by atoms with Gasteiger partial charge in [-0.15, -0.1) is 0 Å². The maximum absolute atomic E-state index is 7.52. The molecule has 0 aromatic rings. The molecule has 0 aromatic carbocycles. The zero-order valence-corrected chi connectivity index (χ0v) is 32.0. The Morgan fingerprint density at radius 1 is 0.515 bits per heavy atom. The fourth-order valence-electron chi connectivity index (χ4n) is 10.1. The normalized spacial score (nSPS) is 21.0. The van der Waals surface area contributed by atoms with Crippen LogP contribution in [0.5, 0.6) is 0 Å². The highest BCUT2D eigenvalue weighted by molar-refractivity contribution is 7.27. The lowest BCUT2D eigenvalue weighted by molar-refractivity contribution is 0.142. The van der Waals surface area contributed by atoms with Crippen LogP contribution in [0.3, 0.4) is 0 Å². The first-order chi connectivity index (χ1) is 14.1. The molecule has 1 aliphatic rings. The molecule has 194 valence electrons. The molecule has 1 fully saturated rings. The Hall–Kier alpha value is 1.31. The van der Waals surface area contributed by atoms with E-state index in [1.807, 2.05) is 0 Å². The van der Waals surface area contributed by atoms with E-state index in [0.29, 0.717) is 0 Å². The monoisotopic (exact) mass is 559 g/mol. The Morgan fingerprint density at radius 3 is 1.03 bits per heavy atom. The number of hydrogen-bond acceptors (Lipinski definition) is 3. The van der Waals surface area contributed by atoms with Gasteiger partial charge < -0.3 is 14.5 Å². The topological polar surface area (TPSA) is 30.5 Å². The van der Waals surface area contributed by atoms with E-state index < -0.39 is 48.4 Å². The molecule has 3 nitrogen and oxygen atoms in total. The van der Waals surface area contributed by atoms with Gasteiger partial charge in [-0.2, -0.15) is 0 Å². The van der Waals surface area contributed by atoms with Crippen LogP contribution in [0.25, 0.3) is 0 Å². The average Bonchev–Trinajstić information content (AvgIpc) is 2.36. The van der Waals surface area contributed by atoms with Crippen LogP contribution < -0.4 is 5.23 Å². The minimum Gasteiger partial charge on any atom is -0.462 e. The van der Waals surface area contributed by atoms with Crippen molar-refractivity contribution in [2.24, 2.45) is 0 Å². The predicted molar refractivity (Wildman–Crippen MR) is 172 cm³/mol. The second kappa shape index (κ2) is 9.25. The lowest BCUT2D eigenvalue weighted by atomic mass is 9.75. The molecule has 11 heteroatoms. The third-order valence-corrected chi connectivity index (χ3v) is 51.5. The van der Waals surface area contributed by atoms with Gasteiger partial charge in [0.05, 0.1) is 6.23 Å². The van der Waals surface area contributed by atoms with Crippen molar-refractivity contribution in [1.29, 1.82) is 0 Å². The second-order valence-corrected chi connectivity index (χ2v) is 51.6. The Kier molecular flexibility index (Phi) is 9.07. The van der Waals surface area contributed by atoms with Gasteiger partial charge in [0.2, 0.25) is 0 Å². The molecule has 1 unspecified atom stereocenters. The highest BCUT2D eigenvalue weighted by Crippen LogP contribution is 2.60. The smallest absolute Gasteiger partial charge is 0.441 e. The van der Waals surface area contributed by atoms with Crippen LogP contribution in [0, 0.1) is 0 Å². The summed E-state index contributed by atoms with van der Waals surface area (Å²) in [5, 5.41) is 3.94.